The molecule has 1 aromatic rings. The normalized spacial score (nSPS) is 23.0. The van der Waals surface area contributed by atoms with Gasteiger partial charge in [0.15, 0.2) is 0 Å². The van der Waals surface area contributed by atoms with E-state index < -0.39 is 0 Å². The summed E-state index contributed by atoms with van der Waals surface area (Å²) in [5, 5.41) is 7.03. The van der Waals surface area contributed by atoms with Crippen molar-refractivity contribution in [3.63, 3.8) is 0 Å². The molecule has 0 amide bonds. The minimum Gasteiger partial charge on any atom is -0.316 e. The molecule has 1 aliphatic heterocycles. The van der Waals surface area contributed by atoms with E-state index in [9.17, 15) is 0 Å². The van der Waals surface area contributed by atoms with E-state index in [4.69, 9.17) is 0 Å². The van der Waals surface area contributed by atoms with Gasteiger partial charge in [-0.1, -0.05) is 38.1 Å². The van der Waals surface area contributed by atoms with Gasteiger partial charge in [0, 0.05) is 6.04 Å². The maximum Gasteiger partial charge on any atom is 0.0358 e. The molecule has 1 heterocycles. The molecule has 2 rings (SSSR count). The van der Waals surface area contributed by atoms with Crippen molar-refractivity contribution in [2.75, 3.05) is 20.1 Å². The average Bonchev–Trinajstić information content (AvgIpc) is 2.49. The van der Waals surface area contributed by atoms with Crippen molar-refractivity contribution >= 4 is 0 Å². The minimum atomic E-state index is 0.485. The maximum absolute atomic E-state index is 3.52. The van der Waals surface area contributed by atoms with Crippen LogP contribution >= 0.6 is 0 Å². The second kappa shape index (κ2) is 7.06. The van der Waals surface area contributed by atoms with Crippen molar-refractivity contribution in [3.8, 4) is 0 Å². The van der Waals surface area contributed by atoms with Crippen molar-refractivity contribution in [2.45, 2.75) is 45.1 Å². The number of rotatable bonds is 5. The van der Waals surface area contributed by atoms with Crippen LogP contribution in [0.15, 0.2) is 24.3 Å². The van der Waals surface area contributed by atoms with E-state index in [1.165, 1.54) is 36.9 Å². The quantitative estimate of drug-likeness (QED) is 0.847. The Labute approximate surface area is 118 Å². The molecule has 0 aromatic heterocycles. The number of hydrogen-bond donors (Lipinski definition) is 2. The Morgan fingerprint density at radius 2 is 1.95 bits per heavy atom. The highest BCUT2D eigenvalue weighted by molar-refractivity contribution is 5.27. The van der Waals surface area contributed by atoms with Gasteiger partial charge in [0.2, 0.25) is 0 Å². The van der Waals surface area contributed by atoms with Crippen molar-refractivity contribution in [1.29, 1.82) is 0 Å². The first-order chi connectivity index (χ1) is 9.26. The third-order valence-corrected chi connectivity index (χ3v) is 4.59. The molecule has 0 bridgehead atoms. The molecule has 0 aliphatic carbocycles. The number of piperidine rings is 1. The Morgan fingerprint density at radius 1 is 1.26 bits per heavy atom. The maximum atomic E-state index is 3.52. The fourth-order valence-corrected chi connectivity index (χ4v) is 3.11. The second-order valence-corrected chi connectivity index (χ2v) is 5.85. The van der Waals surface area contributed by atoms with Crippen LogP contribution in [-0.4, -0.2) is 20.1 Å². The molecule has 3 atom stereocenters. The molecule has 106 valence electrons. The zero-order chi connectivity index (χ0) is 13.7. The first kappa shape index (κ1) is 14.5. The summed E-state index contributed by atoms with van der Waals surface area (Å²) in [4.78, 5) is 0. The van der Waals surface area contributed by atoms with Crippen LogP contribution < -0.4 is 10.6 Å². The van der Waals surface area contributed by atoms with E-state index >= 15 is 0 Å². The molecular weight excluding hydrogens is 232 g/mol. The van der Waals surface area contributed by atoms with Gasteiger partial charge in [0.25, 0.3) is 0 Å². The van der Waals surface area contributed by atoms with E-state index in [1.807, 2.05) is 0 Å². The van der Waals surface area contributed by atoms with E-state index in [1.54, 1.807) is 0 Å². The van der Waals surface area contributed by atoms with Crippen LogP contribution in [0.3, 0.4) is 0 Å². The Balaban J connectivity index is 2.09. The fourth-order valence-electron chi connectivity index (χ4n) is 3.11. The molecule has 2 heteroatoms. The lowest BCUT2D eigenvalue weighted by atomic mass is 9.86. The number of benzene rings is 1. The van der Waals surface area contributed by atoms with Gasteiger partial charge >= 0.3 is 0 Å². The first-order valence-corrected chi connectivity index (χ1v) is 7.74. The zero-order valence-electron chi connectivity index (χ0n) is 12.6. The molecule has 1 saturated heterocycles. The summed E-state index contributed by atoms with van der Waals surface area (Å²) in [5.41, 5.74) is 2.89. The lowest BCUT2D eigenvalue weighted by Gasteiger charge is -2.31. The van der Waals surface area contributed by atoms with Crippen LogP contribution in [0, 0.1) is 5.92 Å². The highest BCUT2D eigenvalue weighted by Gasteiger charge is 2.23. The SMILES string of the molecule is CCC(C)c1ccc(C(NC)C2CCCNC2)cc1. The molecule has 0 saturated carbocycles. The number of hydrogen-bond acceptors (Lipinski definition) is 2. The molecule has 3 unspecified atom stereocenters. The molecule has 1 aliphatic rings. The second-order valence-electron chi connectivity index (χ2n) is 5.85. The highest BCUT2D eigenvalue weighted by atomic mass is 14.9. The van der Waals surface area contributed by atoms with Crippen molar-refractivity contribution < 1.29 is 0 Å². The van der Waals surface area contributed by atoms with Crippen LogP contribution in [0.4, 0.5) is 0 Å². The van der Waals surface area contributed by atoms with Crippen molar-refractivity contribution in [1.82, 2.24) is 10.6 Å². The summed E-state index contributed by atoms with van der Waals surface area (Å²) in [6.45, 7) is 6.87. The van der Waals surface area contributed by atoms with Gasteiger partial charge in [-0.15, -0.1) is 0 Å². The van der Waals surface area contributed by atoms with Gasteiger partial charge in [-0.05, 0) is 62.4 Å². The molecule has 1 aromatic carbocycles. The largest absolute Gasteiger partial charge is 0.316 e. The van der Waals surface area contributed by atoms with Crippen molar-refractivity contribution in [2.24, 2.45) is 5.92 Å². The van der Waals surface area contributed by atoms with Crippen LogP contribution in [0.2, 0.25) is 0 Å². The van der Waals surface area contributed by atoms with Crippen LogP contribution in [0.5, 0.6) is 0 Å². The Kier molecular flexibility index (Phi) is 5.41. The third-order valence-electron chi connectivity index (χ3n) is 4.59. The summed E-state index contributed by atoms with van der Waals surface area (Å²) >= 11 is 0. The standard InChI is InChI=1S/C17H28N2/c1-4-13(2)14-7-9-15(10-8-14)17(18-3)16-6-5-11-19-12-16/h7-10,13,16-19H,4-6,11-12H2,1-3H3. The summed E-state index contributed by atoms with van der Waals surface area (Å²) < 4.78 is 0. The van der Waals surface area contributed by atoms with Gasteiger partial charge < -0.3 is 10.6 Å². The summed E-state index contributed by atoms with van der Waals surface area (Å²) in [7, 11) is 2.09. The molecule has 1 fully saturated rings. The van der Waals surface area contributed by atoms with Gasteiger partial charge in [-0.3, -0.25) is 0 Å². The summed E-state index contributed by atoms with van der Waals surface area (Å²) in [6.07, 6.45) is 3.83. The topological polar surface area (TPSA) is 24.1 Å². The van der Waals surface area contributed by atoms with E-state index in [2.05, 4.69) is 55.8 Å². The molecule has 2 nitrogen and oxygen atoms in total. The van der Waals surface area contributed by atoms with Gasteiger partial charge in [-0.2, -0.15) is 0 Å². The first-order valence-electron chi connectivity index (χ1n) is 7.74. The van der Waals surface area contributed by atoms with Crippen molar-refractivity contribution in [3.05, 3.63) is 35.4 Å². The highest BCUT2D eigenvalue weighted by Crippen LogP contribution is 2.28. The van der Waals surface area contributed by atoms with Crippen LogP contribution in [-0.2, 0) is 0 Å². The third kappa shape index (κ3) is 3.58. The lowest BCUT2D eigenvalue weighted by Crippen LogP contribution is -2.37. The monoisotopic (exact) mass is 260 g/mol. The Morgan fingerprint density at radius 3 is 2.47 bits per heavy atom. The molecule has 0 radical (unpaired) electrons. The fraction of sp³-hybridized carbons (Fsp3) is 0.647. The summed E-state index contributed by atoms with van der Waals surface area (Å²) in [5.74, 6) is 1.38. The van der Waals surface area contributed by atoms with Crippen LogP contribution in [0.1, 0.15) is 56.2 Å². The van der Waals surface area contributed by atoms with Gasteiger partial charge in [0.1, 0.15) is 0 Å². The lowest BCUT2D eigenvalue weighted by molar-refractivity contribution is 0.298. The molecule has 0 spiro atoms. The summed E-state index contributed by atoms with van der Waals surface area (Å²) in [6, 6.07) is 9.74. The minimum absolute atomic E-state index is 0.485. The molecular formula is C17H28N2. The van der Waals surface area contributed by atoms with Crippen LogP contribution in [0.25, 0.3) is 0 Å². The van der Waals surface area contributed by atoms with E-state index in [0.29, 0.717) is 17.9 Å². The molecule has 2 N–H and O–H groups in total. The van der Waals surface area contributed by atoms with Gasteiger partial charge in [-0.25, -0.2) is 0 Å². The van der Waals surface area contributed by atoms with E-state index in [0.717, 1.165) is 6.54 Å². The number of nitrogens with one attached hydrogen (secondary N) is 2. The van der Waals surface area contributed by atoms with E-state index in [-0.39, 0.29) is 0 Å². The predicted molar refractivity (Wildman–Crippen MR) is 82.5 cm³/mol. The smallest absolute Gasteiger partial charge is 0.0358 e. The predicted octanol–water partition coefficient (Wildman–Crippen LogP) is 3.46. The Bertz CT molecular complexity index is 365. The molecule has 19 heavy (non-hydrogen) atoms. The average molecular weight is 260 g/mol. The Hall–Kier alpha value is -0.860. The van der Waals surface area contributed by atoms with Gasteiger partial charge in [0.05, 0.1) is 0 Å². The zero-order valence-corrected chi connectivity index (χ0v) is 12.6.